The fraction of sp³-hybridized carbons (Fsp3) is 0.467. The number of nitrogens with zero attached hydrogens (tertiary/aromatic N) is 1. The molecule has 2 rings (SSSR count). The molecule has 4 heteroatoms. The van der Waals surface area contributed by atoms with Crippen LogP contribution in [0, 0.1) is 11.3 Å². The number of fused-ring (bicyclic) bond motifs is 1. The van der Waals surface area contributed by atoms with Crippen LogP contribution >= 0.6 is 0 Å². The molecule has 0 aliphatic rings. The number of H-pyrrole nitrogens is 1. The van der Waals surface area contributed by atoms with Crippen LogP contribution in [-0.4, -0.2) is 15.9 Å². The van der Waals surface area contributed by atoms with E-state index in [4.69, 9.17) is 0 Å². The molecule has 0 aliphatic carbocycles. The molecule has 0 fully saturated rings. The van der Waals surface area contributed by atoms with Crippen molar-refractivity contribution in [3.63, 3.8) is 0 Å². The van der Waals surface area contributed by atoms with Crippen LogP contribution in [0.1, 0.15) is 34.1 Å². The van der Waals surface area contributed by atoms with Gasteiger partial charge in [0, 0.05) is 6.42 Å². The zero-order valence-electron chi connectivity index (χ0n) is 11.9. The highest BCUT2D eigenvalue weighted by Gasteiger charge is 2.22. The minimum atomic E-state index is 0.00137. The number of aromatic amines is 1. The molecule has 0 aliphatic heterocycles. The highest BCUT2D eigenvalue weighted by Crippen LogP contribution is 2.28. The molecule has 0 saturated carbocycles. The lowest BCUT2D eigenvalue weighted by atomic mass is 9.80. The largest absolute Gasteiger partial charge is 0.324 e. The van der Waals surface area contributed by atoms with Crippen molar-refractivity contribution in [3.05, 3.63) is 24.3 Å². The summed E-state index contributed by atoms with van der Waals surface area (Å²) in [5.74, 6) is 0.839. The fourth-order valence-corrected chi connectivity index (χ4v) is 1.78. The number of hydrogen-bond acceptors (Lipinski definition) is 2. The van der Waals surface area contributed by atoms with E-state index in [0.29, 0.717) is 18.3 Å². The summed E-state index contributed by atoms with van der Waals surface area (Å²) >= 11 is 0. The lowest BCUT2D eigenvalue weighted by Crippen LogP contribution is -2.24. The molecule has 102 valence electrons. The summed E-state index contributed by atoms with van der Waals surface area (Å²) in [5, 5.41) is 2.83. The summed E-state index contributed by atoms with van der Waals surface area (Å²) in [7, 11) is 0. The van der Waals surface area contributed by atoms with Gasteiger partial charge in [0.1, 0.15) is 0 Å². The molecule has 1 aromatic heterocycles. The fourth-order valence-electron chi connectivity index (χ4n) is 1.78. The van der Waals surface area contributed by atoms with Gasteiger partial charge in [0.2, 0.25) is 11.9 Å². The quantitative estimate of drug-likeness (QED) is 0.885. The summed E-state index contributed by atoms with van der Waals surface area (Å²) in [6.07, 6.45) is 0.501. The van der Waals surface area contributed by atoms with E-state index >= 15 is 0 Å². The summed E-state index contributed by atoms with van der Waals surface area (Å²) in [4.78, 5) is 19.4. The van der Waals surface area contributed by atoms with E-state index in [1.807, 2.05) is 24.3 Å². The monoisotopic (exact) mass is 259 g/mol. The van der Waals surface area contributed by atoms with E-state index in [0.717, 1.165) is 11.0 Å². The zero-order valence-corrected chi connectivity index (χ0v) is 11.9. The highest BCUT2D eigenvalue weighted by molar-refractivity contribution is 5.91. The molecule has 1 aromatic carbocycles. The molecule has 1 amide bonds. The Kier molecular flexibility index (Phi) is 3.60. The summed E-state index contributed by atoms with van der Waals surface area (Å²) in [6.45, 7) is 8.53. The van der Waals surface area contributed by atoms with Gasteiger partial charge in [0.15, 0.2) is 0 Å². The Balaban J connectivity index is 2.03. The van der Waals surface area contributed by atoms with E-state index in [1.54, 1.807) is 0 Å². The second-order valence-electron chi connectivity index (χ2n) is 6.12. The Hall–Kier alpha value is -1.84. The van der Waals surface area contributed by atoms with Crippen LogP contribution in [0.2, 0.25) is 0 Å². The predicted octanol–water partition coefficient (Wildman–Crippen LogP) is 3.57. The molecular formula is C15H21N3O. The van der Waals surface area contributed by atoms with Crippen molar-refractivity contribution in [1.29, 1.82) is 0 Å². The molecule has 0 spiro atoms. The molecule has 0 radical (unpaired) electrons. The minimum absolute atomic E-state index is 0.00137. The Morgan fingerprint density at radius 2 is 2.05 bits per heavy atom. The second-order valence-corrected chi connectivity index (χ2v) is 6.12. The highest BCUT2D eigenvalue weighted by atomic mass is 16.1. The molecule has 1 unspecified atom stereocenters. The van der Waals surface area contributed by atoms with Crippen LogP contribution in [0.3, 0.4) is 0 Å². The lowest BCUT2D eigenvalue weighted by Gasteiger charge is -2.26. The second kappa shape index (κ2) is 5.03. The van der Waals surface area contributed by atoms with Gasteiger partial charge >= 0.3 is 0 Å². The van der Waals surface area contributed by atoms with Crippen molar-refractivity contribution in [2.24, 2.45) is 11.3 Å². The third kappa shape index (κ3) is 3.34. The van der Waals surface area contributed by atoms with Crippen LogP contribution < -0.4 is 5.32 Å². The van der Waals surface area contributed by atoms with Gasteiger partial charge in [-0.25, -0.2) is 4.98 Å². The predicted molar refractivity (Wildman–Crippen MR) is 78.0 cm³/mol. The number of imidazole rings is 1. The van der Waals surface area contributed by atoms with E-state index < -0.39 is 0 Å². The van der Waals surface area contributed by atoms with Gasteiger partial charge in [-0.3, -0.25) is 10.1 Å². The van der Waals surface area contributed by atoms with Crippen molar-refractivity contribution < 1.29 is 4.79 Å². The van der Waals surface area contributed by atoms with Crippen molar-refractivity contribution in [1.82, 2.24) is 9.97 Å². The molecule has 4 nitrogen and oxygen atoms in total. The Morgan fingerprint density at radius 1 is 1.37 bits per heavy atom. The molecule has 0 bridgehead atoms. The number of para-hydroxylation sites is 2. The third-order valence-corrected chi connectivity index (χ3v) is 3.62. The van der Waals surface area contributed by atoms with Gasteiger partial charge in [0.25, 0.3) is 0 Å². The summed E-state index contributed by atoms with van der Waals surface area (Å²) < 4.78 is 0. The average Bonchev–Trinajstić information content (AvgIpc) is 2.69. The normalized spacial score (nSPS) is 13.5. The number of anilines is 1. The Morgan fingerprint density at radius 3 is 2.68 bits per heavy atom. The topological polar surface area (TPSA) is 57.8 Å². The van der Waals surface area contributed by atoms with Gasteiger partial charge in [-0.05, 0) is 23.5 Å². The maximum absolute atomic E-state index is 12.0. The lowest BCUT2D eigenvalue weighted by molar-refractivity contribution is -0.117. The van der Waals surface area contributed by atoms with Gasteiger partial charge in [0.05, 0.1) is 11.0 Å². The standard InChI is InChI=1S/C15H21N3O/c1-10(15(2,3)4)9-13(19)18-14-16-11-7-5-6-8-12(11)17-14/h5-8,10H,9H2,1-4H3,(H2,16,17,18,19). The summed E-state index contributed by atoms with van der Waals surface area (Å²) in [5.41, 5.74) is 1.92. The number of rotatable bonds is 3. The van der Waals surface area contributed by atoms with Crippen LogP contribution in [0.15, 0.2) is 24.3 Å². The number of nitrogens with one attached hydrogen (secondary N) is 2. The van der Waals surface area contributed by atoms with Gasteiger partial charge in [-0.2, -0.15) is 0 Å². The minimum Gasteiger partial charge on any atom is -0.324 e. The number of carbonyl (C=O) groups is 1. The SMILES string of the molecule is CC(CC(=O)Nc1nc2ccccc2[nH]1)C(C)(C)C. The average molecular weight is 259 g/mol. The smallest absolute Gasteiger partial charge is 0.226 e. The number of carbonyl (C=O) groups excluding carboxylic acids is 1. The van der Waals surface area contributed by atoms with Gasteiger partial charge < -0.3 is 4.98 Å². The first kappa shape index (κ1) is 13.6. The van der Waals surface area contributed by atoms with Crippen LogP contribution in [0.5, 0.6) is 0 Å². The Labute approximate surface area is 113 Å². The van der Waals surface area contributed by atoms with Crippen molar-refractivity contribution in [3.8, 4) is 0 Å². The van der Waals surface area contributed by atoms with Crippen molar-refractivity contribution in [2.75, 3.05) is 5.32 Å². The number of hydrogen-bond donors (Lipinski definition) is 2. The maximum Gasteiger partial charge on any atom is 0.226 e. The molecule has 2 N–H and O–H groups in total. The van der Waals surface area contributed by atoms with Crippen molar-refractivity contribution >= 4 is 22.9 Å². The zero-order chi connectivity index (χ0) is 14.0. The van der Waals surface area contributed by atoms with Crippen LogP contribution in [0.4, 0.5) is 5.95 Å². The first-order valence-electron chi connectivity index (χ1n) is 6.61. The first-order chi connectivity index (χ1) is 8.86. The van der Waals surface area contributed by atoms with E-state index in [2.05, 4.69) is 43.0 Å². The van der Waals surface area contributed by atoms with Crippen LogP contribution in [-0.2, 0) is 4.79 Å². The molecule has 2 aromatic rings. The Bertz CT molecular complexity index is 547. The number of amides is 1. The number of benzene rings is 1. The van der Waals surface area contributed by atoms with E-state index in [9.17, 15) is 4.79 Å². The molecule has 1 atom stereocenters. The van der Waals surface area contributed by atoms with E-state index in [1.165, 1.54) is 0 Å². The van der Waals surface area contributed by atoms with E-state index in [-0.39, 0.29) is 11.3 Å². The molecular weight excluding hydrogens is 238 g/mol. The van der Waals surface area contributed by atoms with Crippen molar-refractivity contribution in [2.45, 2.75) is 34.1 Å². The molecule has 0 saturated heterocycles. The van der Waals surface area contributed by atoms with Gasteiger partial charge in [-0.1, -0.05) is 39.8 Å². The third-order valence-electron chi connectivity index (χ3n) is 3.62. The number of aromatic nitrogens is 2. The van der Waals surface area contributed by atoms with Crippen LogP contribution in [0.25, 0.3) is 11.0 Å². The summed E-state index contributed by atoms with van der Waals surface area (Å²) in [6, 6.07) is 7.72. The first-order valence-corrected chi connectivity index (χ1v) is 6.61. The molecule has 19 heavy (non-hydrogen) atoms. The van der Waals surface area contributed by atoms with Gasteiger partial charge in [-0.15, -0.1) is 0 Å². The maximum atomic E-state index is 12.0. The molecule has 1 heterocycles.